The van der Waals surface area contributed by atoms with Gasteiger partial charge >= 0.3 is 6.29 Å². The van der Waals surface area contributed by atoms with Gasteiger partial charge in [0.15, 0.2) is 11.5 Å². The fraction of sp³-hybridized carbons (Fsp3) is 0.333. The summed E-state index contributed by atoms with van der Waals surface area (Å²) in [5.74, 6) is 0.248. The van der Waals surface area contributed by atoms with Crippen LogP contribution in [-0.4, -0.2) is 6.29 Å². The molecule has 0 atom stereocenters. The average Bonchev–Trinajstić information content (AvgIpc) is 2.23. The SMILES string of the molecule is Cc1cc(C)c2c(c1)OC(F)(F)O2. The van der Waals surface area contributed by atoms with Gasteiger partial charge in [-0.2, -0.15) is 0 Å². The Hall–Kier alpha value is -1.32. The molecule has 0 aliphatic carbocycles. The van der Waals surface area contributed by atoms with Crippen LogP contribution in [0.3, 0.4) is 0 Å². The van der Waals surface area contributed by atoms with E-state index in [0.717, 1.165) is 5.56 Å². The normalized spacial score (nSPS) is 17.5. The Morgan fingerprint density at radius 2 is 1.85 bits per heavy atom. The third-order valence-corrected chi connectivity index (χ3v) is 1.83. The van der Waals surface area contributed by atoms with Crippen molar-refractivity contribution >= 4 is 0 Å². The molecule has 0 bridgehead atoms. The number of fused-ring (bicyclic) bond motifs is 1. The van der Waals surface area contributed by atoms with Gasteiger partial charge in [0.25, 0.3) is 0 Å². The fourth-order valence-electron chi connectivity index (χ4n) is 1.39. The van der Waals surface area contributed by atoms with Gasteiger partial charge < -0.3 is 9.47 Å². The van der Waals surface area contributed by atoms with Crippen LogP contribution in [0.5, 0.6) is 11.5 Å². The Kier molecular flexibility index (Phi) is 1.49. The molecule has 1 heterocycles. The van der Waals surface area contributed by atoms with Crippen LogP contribution in [0.25, 0.3) is 0 Å². The molecule has 13 heavy (non-hydrogen) atoms. The molecule has 0 radical (unpaired) electrons. The van der Waals surface area contributed by atoms with Crippen LogP contribution in [0.2, 0.25) is 0 Å². The van der Waals surface area contributed by atoms with Crippen molar-refractivity contribution in [2.45, 2.75) is 20.1 Å². The highest BCUT2D eigenvalue weighted by molar-refractivity contribution is 5.50. The second kappa shape index (κ2) is 2.34. The molecule has 4 heteroatoms. The molecule has 1 aliphatic rings. The van der Waals surface area contributed by atoms with E-state index in [-0.39, 0.29) is 11.5 Å². The Balaban J connectivity index is 2.52. The van der Waals surface area contributed by atoms with E-state index >= 15 is 0 Å². The Morgan fingerprint density at radius 3 is 2.54 bits per heavy atom. The molecule has 1 aromatic carbocycles. The topological polar surface area (TPSA) is 18.5 Å². The van der Waals surface area contributed by atoms with Gasteiger partial charge in [0.05, 0.1) is 0 Å². The second-order valence-corrected chi connectivity index (χ2v) is 3.08. The van der Waals surface area contributed by atoms with Crippen molar-refractivity contribution in [2.24, 2.45) is 0 Å². The molecule has 0 saturated carbocycles. The Bertz CT molecular complexity index is 361. The Labute approximate surface area is 74.1 Å². The van der Waals surface area contributed by atoms with E-state index in [0.29, 0.717) is 5.56 Å². The first-order valence-corrected chi connectivity index (χ1v) is 3.85. The quantitative estimate of drug-likeness (QED) is 0.620. The van der Waals surface area contributed by atoms with E-state index in [2.05, 4.69) is 9.47 Å². The molecule has 0 fully saturated rings. The third kappa shape index (κ3) is 1.32. The van der Waals surface area contributed by atoms with Crippen molar-refractivity contribution in [3.63, 3.8) is 0 Å². The van der Waals surface area contributed by atoms with E-state index in [9.17, 15) is 8.78 Å². The number of ether oxygens (including phenoxy) is 2. The predicted octanol–water partition coefficient (Wildman–Crippen LogP) is 2.62. The van der Waals surface area contributed by atoms with Gasteiger partial charge in [-0.1, -0.05) is 6.07 Å². The Morgan fingerprint density at radius 1 is 1.15 bits per heavy atom. The van der Waals surface area contributed by atoms with E-state index in [1.807, 2.05) is 6.92 Å². The van der Waals surface area contributed by atoms with Crippen LogP contribution in [0, 0.1) is 13.8 Å². The summed E-state index contributed by atoms with van der Waals surface area (Å²) in [7, 11) is 0. The molecule has 70 valence electrons. The standard InChI is InChI=1S/C9H8F2O2/c1-5-3-6(2)8-7(4-5)12-9(10,11)13-8/h3-4H,1-2H3. The minimum atomic E-state index is -3.51. The molecule has 2 nitrogen and oxygen atoms in total. The lowest BCUT2D eigenvalue weighted by Gasteiger charge is -2.04. The van der Waals surface area contributed by atoms with E-state index in [1.54, 1.807) is 13.0 Å². The summed E-state index contributed by atoms with van der Waals surface area (Å²) in [5, 5.41) is 0. The first-order valence-electron chi connectivity index (χ1n) is 3.85. The second-order valence-electron chi connectivity index (χ2n) is 3.08. The number of rotatable bonds is 0. The predicted molar refractivity (Wildman–Crippen MR) is 42.1 cm³/mol. The summed E-state index contributed by atoms with van der Waals surface area (Å²) in [6.07, 6.45) is -3.51. The number of hydrogen-bond acceptors (Lipinski definition) is 2. The van der Waals surface area contributed by atoms with Gasteiger partial charge in [-0.3, -0.25) is 0 Å². The summed E-state index contributed by atoms with van der Waals surface area (Å²) in [5.41, 5.74) is 1.53. The number of aryl methyl sites for hydroxylation is 2. The monoisotopic (exact) mass is 186 g/mol. The van der Waals surface area contributed by atoms with Gasteiger partial charge in [-0.25, -0.2) is 0 Å². The van der Waals surface area contributed by atoms with Crippen molar-refractivity contribution in [2.75, 3.05) is 0 Å². The maximum atomic E-state index is 12.6. The largest absolute Gasteiger partial charge is 0.586 e. The highest BCUT2D eigenvalue weighted by Gasteiger charge is 2.44. The van der Waals surface area contributed by atoms with Crippen molar-refractivity contribution in [1.29, 1.82) is 0 Å². The maximum Gasteiger partial charge on any atom is 0.586 e. The number of hydrogen-bond donors (Lipinski definition) is 0. The highest BCUT2D eigenvalue weighted by atomic mass is 19.3. The first kappa shape index (κ1) is 8.29. The van der Waals surface area contributed by atoms with Crippen LogP contribution in [0.1, 0.15) is 11.1 Å². The lowest BCUT2D eigenvalue weighted by atomic mass is 10.1. The van der Waals surface area contributed by atoms with Gasteiger partial charge in [-0.15, -0.1) is 8.78 Å². The molecule has 2 rings (SSSR count). The van der Waals surface area contributed by atoms with Gasteiger partial charge in [0, 0.05) is 0 Å². The summed E-state index contributed by atoms with van der Waals surface area (Å²) >= 11 is 0. The van der Waals surface area contributed by atoms with E-state index in [1.165, 1.54) is 6.07 Å². The number of alkyl halides is 2. The van der Waals surface area contributed by atoms with Crippen LogP contribution in [0.15, 0.2) is 12.1 Å². The lowest BCUT2D eigenvalue weighted by molar-refractivity contribution is -0.286. The van der Waals surface area contributed by atoms with Crippen LogP contribution >= 0.6 is 0 Å². The molecule has 0 spiro atoms. The molecular formula is C9H8F2O2. The molecule has 0 amide bonds. The van der Waals surface area contributed by atoms with Crippen LogP contribution in [-0.2, 0) is 0 Å². The summed E-state index contributed by atoms with van der Waals surface area (Å²) in [4.78, 5) is 0. The summed E-state index contributed by atoms with van der Waals surface area (Å²) < 4.78 is 33.8. The molecule has 1 aromatic rings. The van der Waals surface area contributed by atoms with Crippen LogP contribution < -0.4 is 9.47 Å². The molecule has 0 aromatic heterocycles. The minimum Gasteiger partial charge on any atom is -0.395 e. The van der Waals surface area contributed by atoms with Gasteiger partial charge in [-0.05, 0) is 31.0 Å². The van der Waals surface area contributed by atoms with Crippen molar-refractivity contribution in [3.05, 3.63) is 23.3 Å². The molecular weight excluding hydrogens is 178 g/mol. The highest BCUT2D eigenvalue weighted by Crippen LogP contribution is 2.43. The van der Waals surface area contributed by atoms with Crippen molar-refractivity contribution in [3.8, 4) is 11.5 Å². The third-order valence-electron chi connectivity index (χ3n) is 1.83. The zero-order valence-electron chi connectivity index (χ0n) is 7.23. The summed E-state index contributed by atoms with van der Waals surface area (Å²) in [6, 6.07) is 3.30. The maximum absolute atomic E-state index is 12.6. The van der Waals surface area contributed by atoms with Crippen LogP contribution in [0.4, 0.5) is 8.78 Å². The zero-order chi connectivity index (χ0) is 9.64. The number of halogens is 2. The number of benzene rings is 1. The minimum absolute atomic E-state index is 0.113. The molecule has 0 N–H and O–H groups in total. The smallest absolute Gasteiger partial charge is 0.395 e. The molecule has 1 aliphatic heterocycles. The average molecular weight is 186 g/mol. The zero-order valence-corrected chi connectivity index (χ0v) is 7.23. The molecule has 0 unspecified atom stereocenters. The van der Waals surface area contributed by atoms with Crippen molar-refractivity contribution < 1.29 is 18.3 Å². The summed E-state index contributed by atoms with van der Waals surface area (Å²) in [6.45, 7) is 3.52. The fourth-order valence-corrected chi connectivity index (χ4v) is 1.39. The lowest BCUT2D eigenvalue weighted by Crippen LogP contribution is -2.26. The van der Waals surface area contributed by atoms with Gasteiger partial charge in [0.1, 0.15) is 0 Å². The molecule has 0 saturated heterocycles. The first-order chi connectivity index (χ1) is 5.98. The van der Waals surface area contributed by atoms with E-state index < -0.39 is 6.29 Å². The van der Waals surface area contributed by atoms with Crippen molar-refractivity contribution in [1.82, 2.24) is 0 Å². The van der Waals surface area contributed by atoms with E-state index in [4.69, 9.17) is 0 Å². The van der Waals surface area contributed by atoms with Gasteiger partial charge in [0.2, 0.25) is 0 Å².